The Labute approximate surface area is 195 Å². The average Bonchev–Trinajstić information content (AvgIpc) is 2.69. The Balaban J connectivity index is 3.42. The van der Waals surface area contributed by atoms with Gasteiger partial charge in [-0.1, -0.05) is 24.1 Å². The van der Waals surface area contributed by atoms with Crippen molar-refractivity contribution in [3.05, 3.63) is 35.4 Å². The molecule has 0 aliphatic heterocycles. The number of rotatable bonds is 8. The standard InChI is InChI=1S/C23H30N4O4S/c1-7-16-10-8-9-11-17(16)19(20(28)25-15(2)3)27(13-12-24)21(29)18(14-32)26-22(30)31-23(4,5)6/h1,8-11,15,18-19,32H,13-14H2,2-6H3,(H,25,28)(H,26,30). The molecule has 0 saturated carbocycles. The van der Waals surface area contributed by atoms with E-state index in [2.05, 4.69) is 29.2 Å². The lowest BCUT2D eigenvalue weighted by atomic mass is 9.97. The highest BCUT2D eigenvalue weighted by atomic mass is 32.1. The van der Waals surface area contributed by atoms with Crippen molar-refractivity contribution >= 4 is 30.5 Å². The molecule has 2 unspecified atom stereocenters. The van der Waals surface area contributed by atoms with E-state index in [0.717, 1.165) is 4.90 Å². The number of carbonyl (C=O) groups is 3. The van der Waals surface area contributed by atoms with Crippen LogP contribution in [0.15, 0.2) is 24.3 Å². The molecule has 0 heterocycles. The topological polar surface area (TPSA) is 112 Å². The summed E-state index contributed by atoms with van der Waals surface area (Å²) in [6, 6.07) is 6.08. The smallest absolute Gasteiger partial charge is 0.408 e. The minimum Gasteiger partial charge on any atom is -0.444 e. The van der Waals surface area contributed by atoms with E-state index in [1.165, 1.54) is 0 Å². The molecule has 9 heteroatoms. The Morgan fingerprint density at radius 3 is 2.34 bits per heavy atom. The fourth-order valence-electron chi connectivity index (χ4n) is 2.89. The van der Waals surface area contributed by atoms with Crippen molar-refractivity contribution in [2.24, 2.45) is 0 Å². The molecule has 172 valence electrons. The average molecular weight is 459 g/mol. The molecular weight excluding hydrogens is 428 g/mol. The van der Waals surface area contributed by atoms with Gasteiger partial charge in [-0.25, -0.2) is 4.79 Å². The van der Waals surface area contributed by atoms with Gasteiger partial charge in [0.15, 0.2) is 0 Å². The van der Waals surface area contributed by atoms with Crippen LogP contribution in [0, 0.1) is 23.7 Å². The number of thiol groups is 1. The fourth-order valence-corrected chi connectivity index (χ4v) is 3.14. The number of nitrogens with one attached hydrogen (secondary N) is 2. The van der Waals surface area contributed by atoms with E-state index in [4.69, 9.17) is 11.2 Å². The van der Waals surface area contributed by atoms with Gasteiger partial charge in [-0.05, 0) is 46.2 Å². The number of hydrogen-bond donors (Lipinski definition) is 3. The molecule has 1 aromatic rings. The normalized spacial score (nSPS) is 12.7. The first-order chi connectivity index (χ1) is 14.9. The highest BCUT2D eigenvalue weighted by Gasteiger charge is 2.36. The molecule has 0 fully saturated rings. The molecule has 3 amide bonds. The lowest BCUT2D eigenvalue weighted by Crippen LogP contribution is -2.54. The monoisotopic (exact) mass is 458 g/mol. The van der Waals surface area contributed by atoms with Crippen molar-refractivity contribution in [1.82, 2.24) is 15.5 Å². The van der Waals surface area contributed by atoms with Gasteiger partial charge in [0.1, 0.15) is 24.2 Å². The van der Waals surface area contributed by atoms with Gasteiger partial charge in [0.25, 0.3) is 0 Å². The van der Waals surface area contributed by atoms with Gasteiger partial charge < -0.3 is 20.3 Å². The predicted octanol–water partition coefficient (Wildman–Crippen LogP) is 2.41. The molecule has 0 aliphatic carbocycles. The van der Waals surface area contributed by atoms with Gasteiger partial charge in [-0.3, -0.25) is 9.59 Å². The van der Waals surface area contributed by atoms with Crippen molar-refractivity contribution in [2.45, 2.75) is 58.3 Å². The second kappa shape index (κ2) is 12.0. The molecular formula is C23H30N4O4S. The van der Waals surface area contributed by atoms with E-state index in [0.29, 0.717) is 11.1 Å². The zero-order chi connectivity index (χ0) is 24.5. The first kappa shape index (κ1) is 26.9. The maximum atomic E-state index is 13.4. The van der Waals surface area contributed by atoms with Crippen molar-refractivity contribution in [1.29, 1.82) is 5.26 Å². The Kier molecular flexibility index (Phi) is 10.1. The Hall–Kier alpha value is -3.17. The van der Waals surface area contributed by atoms with Gasteiger partial charge >= 0.3 is 6.09 Å². The number of nitriles is 1. The van der Waals surface area contributed by atoms with Crippen LogP contribution in [-0.2, 0) is 14.3 Å². The molecule has 0 radical (unpaired) electrons. The van der Waals surface area contributed by atoms with Gasteiger partial charge in [-0.15, -0.1) is 6.42 Å². The second-order valence-corrected chi connectivity index (χ2v) is 8.67. The van der Waals surface area contributed by atoms with Crippen LogP contribution in [0.2, 0.25) is 0 Å². The highest BCUT2D eigenvalue weighted by Crippen LogP contribution is 2.25. The molecule has 0 spiro atoms. The van der Waals surface area contributed by atoms with E-state index in [1.807, 2.05) is 6.07 Å². The summed E-state index contributed by atoms with van der Waals surface area (Å²) in [4.78, 5) is 39.9. The zero-order valence-electron chi connectivity index (χ0n) is 19.0. The Bertz CT molecular complexity index is 912. The summed E-state index contributed by atoms with van der Waals surface area (Å²) in [6.07, 6.45) is 4.80. The summed E-state index contributed by atoms with van der Waals surface area (Å²) in [7, 11) is 0. The van der Waals surface area contributed by atoms with E-state index in [9.17, 15) is 19.6 Å². The molecule has 2 N–H and O–H groups in total. The van der Waals surface area contributed by atoms with Gasteiger partial charge in [-0.2, -0.15) is 17.9 Å². The van der Waals surface area contributed by atoms with Crippen LogP contribution >= 0.6 is 12.6 Å². The van der Waals surface area contributed by atoms with E-state index >= 15 is 0 Å². The number of hydrogen-bond acceptors (Lipinski definition) is 6. The number of alkyl carbamates (subject to hydrolysis) is 1. The lowest BCUT2D eigenvalue weighted by molar-refractivity contribution is -0.141. The van der Waals surface area contributed by atoms with E-state index in [-0.39, 0.29) is 11.8 Å². The van der Waals surface area contributed by atoms with Crippen molar-refractivity contribution in [3.8, 4) is 18.4 Å². The summed E-state index contributed by atoms with van der Waals surface area (Å²) in [6.45, 7) is 8.21. The van der Waals surface area contributed by atoms with Crippen LogP contribution in [0.4, 0.5) is 4.79 Å². The summed E-state index contributed by atoms with van der Waals surface area (Å²) in [5.74, 6) is 1.28. The van der Waals surface area contributed by atoms with Gasteiger partial charge in [0.2, 0.25) is 11.8 Å². The lowest BCUT2D eigenvalue weighted by Gasteiger charge is -2.33. The first-order valence-corrected chi connectivity index (χ1v) is 10.7. The number of amides is 3. The first-order valence-electron chi connectivity index (χ1n) is 10.1. The van der Waals surface area contributed by atoms with Crippen molar-refractivity contribution < 1.29 is 19.1 Å². The minimum atomic E-state index is -1.18. The number of terminal acetylenes is 1. The molecule has 0 bridgehead atoms. The quantitative estimate of drug-likeness (QED) is 0.315. The fraction of sp³-hybridized carbons (Fsp3) is 0.478. The molecule has 1 aromatic carbocycles. The van der Waals surface area contributed by atoms with E-state index in [1.54, 1.807) is 58.9 Å². The molecule has 2 atom stereocenters. The van der Waals surface area contributed by atoms with Gasteiger partial charge in [0, 0.05) is 17.4 Å². The number of ether oxygens (including phenoxy) is 1. The molecule has 1 rings (SSSR count). The molecule has 8 nitrogen and oxygen atoms in total. The van der Waals surface area contributed by atoms with Crippen LogP contribution in [0.5, 0.6) is 0 Å². The van der Waals surface area contributed by atoms with Crippen LogP contribution in [-0.4, -0.2) is 52.8 Å². The third-order valence-corrected chi connectivity index (χ3v) is 4.46. The molecule has 0 aliphatic rings. The molecule has 0 aromatic heterocycles. The predicted molar refractivity (Wildman–Crippen MR) is 125 cm³/mol. The number of carbonyl (C=O) groups excluding carboxylic acids is 3. The molecule has 32 heavy (non-hydrogen) atoms. The number of benzene rings is 1. The van der Waals surface area contributed by atoms with Crippen molar-refractivity contribution in [2.75, 3.05) is 12.3 Å². The number of nitrogens with zero attached hydrogens (tertiary/aromatic N) is 2. The minimum absolute atomic E-state index is 0.0741. The van der Waals surface area contributed by atoms with Crippen LogP contribution in [0.1, 0.15) is 51.8 Å². The summed E-state index contributed by atoms with van der Waals surface area (Å²) >= 11 is 4.17. The van der Waals surface area contributed by atoms with E-state index < -0.39 is 42.1 Å². The molecule has 0 saturated heterocycles. The summed E-state index contributed by atoms with van der Waals surface area (Å²) in [5.41, 5.74) is 0.0353. The summed E-state index contributed by atoms with van der Waals surface area (Å²) < 4.78 is 5.22. The third kappa shape index (κ3) is 7.82. The second-order valence-electron chi connectivity index (χ2n) is 8.30. The van der Waals surface area contributed by atoms with Crippen LogP contribution in [0.3, 0.4) is 0 Å². The highest BCUT2D eigenvalue weighted by molar-refractivity contribution is 7.80. The Morgan fingerprint density at radius 2 is 1.84 bits per heavy atom. The maximum Gasteiger partial charge on any atom is 0.408 e. The largest absolute Gasteiger partial charge is 0.444 e. The van der Waals surface area contributed by atoms with Crippen LogP contribution < -0.4 is 10.6 Å². The third-order valence-electron chi connectivity index (χ3n) is 4.10. The Morgan fingerprint density at radius 1 is 1.22 bits per heavy atom. The van der Waals surface area contributed by atoms with Crippen LogP contribution in [0.25, 0.3) is 0 Å². The van der Waals surface area contributed by atoms with Gasteiger partial charge in [0.05, 0.1) is 6.07 Å². The summed E-state index contributed by atoms with van der Waals surface area (Å²) in [5, 5.41) is 14.7. The van der Waals surface area contributed by atoms with Crippen molar-refractivity contribution in [3.63, 3.8) is 0 Å². The maximum absolute atomic E-state index is 13.4. The SMILES string of the molecule is C#Cc1ccccc1C(C(=O)NC(C)C)N(CC#N)C(=O)C(CS)NC(=O)OC(C)(C)C. The zero-order valence-corrected chi connectivity index (χ0v) is 19.9.